The molecule has 0 aliphatic heterocycles. The Labute approximate surface area is 158 Å². The second kappa shape index (κ2) is 7.66. The highest BCUT2D eigenvalue weighted by molar-refractivity contribution is 7.89. The van der Waals surface area contributed by atoms with Crippen molar-refractivity contribution in [2.75, 3.05) is 0 Å². The number of hydrogen-bond acceptors (Lipinski definition) is 5. The zero-order valence-corrected chi connectivity index (χ0v) is 15.7. The fourth-order valence-electron chi connectivity index (χ4n) is 3.37. The third-order valence-electron chi connectivity index (χ3n) is 4.82. The average Bonchev–Trinajstić information content (AvgIpc) is 3.29. The number of sulfonamides is 1. The zero-order chi connectivity index (χ0) is 18.7. The molecule has 0 saturated heterocycles. The van der Waals surface area contributed by atoms with Gasteiger partial charge in [0.25, 0.3) is 5.89 Å². The number of nitrogens with zero attached hydrogens (tertiary/aromatic N) is 2. The third kappa shape index (κ3) is 4.12. The van der Waals surface area contributed by atoms with Gasteiger partial charge in [-0.25, -0.2) is 13.1 Å². The van der Waals surface area contributed by atoms with Gasteiger partial charge in [-0.1, -0.05) is 43.9 Å². The first-order valence-electron chi connectivity index (χ1n) is 9.22. The molecule has 0 spiro atoms. The molecule has 0 atom stereocenters. The van der Waals surface area contributed by atoms with Gasteiger partial charge in [0, 0.05) is 17.8 Å². The van der Waals surface area contributed by atoms with Crippen molar-refractivity contribution < 1.29 is 12.8 Å². The molecule has 1 fully saturated rings. The standard InChI is InChI=1S/C19H22N4O3S/c24-27(25,23-15-10-6-1-2-7-11-15)16-12-17(20-13-16)19-22-21-18(26-19)14-8-4-3-5-9-14/h3-5,8-9,12-13,15,20,23H,1-2,6-7,10-11H2. The Morgan fingerprint density at radius 2 is 1.70 bits per heavy atom. The molecule has 7 nitrogen and oxygen atoms in total. The third-order valence-corrected chi connectivity index (χ3v) is 6.32. The highest BCUT2D eigenvalue weighted by Gasteiger charge is 2.23. The molecular weight excluding hydrogens is 364 g/mol. The van der Waals surface area contributed by atoms with Crippen LogP contribution in [0.25, 0.3) is 23.0 Å². The van der Waals surface area contributed by atoms with Crippen LogP contribution in [0.4, 0.5) is 0 Å². The highest BCUT2D eigenvalue weighted by atomic mass is 32.2. The SMILES string of the molecule is O=S(=O)(NC1CCCCCC1)c1c[nH]c(-c2nnc(-c3ccccc3)o2)c1. The van der Waals surface area contributed by atoms with Crippen molar-refractivity contribution in [2.45, 2.75) is 49.5 Å². The van der Waals surface area contributed by atoms with Gasteiger partial charge in [0.1, 0.15) is 10.6 Å². The lowest BCUT2D eigenvalue weighted by Crippen LogP contribution is -2.34. The smallest absolute Gasteiger partial charge is 0.264 e. The molecule has 1 aliphatic carbocycles. The van der Waals surface area contributed by atoms with Crippen molar-refractivity contribution in [3.63, 3.8) is 0 Å². The van der Waals surface area contributed by atoms with Crippen LogP contribution in [0.2, 0.25) is 0 Å². The van der Waals surface area contributed by atoms with E-state index >= 15 is 0 Å². The van der Waals surface area contributed by atoms with Crippen LogP contribution in [0.1, 0.15) is 38.5 Å². The van der Waals surface area contributed by atoms with Gasteiger partial charge in [-0.15, -0.1) is 10.2 Å². The van der Waals surface area contributed by atoms with Gasteiger partial charge < -0.3 is 9.40 Å². The molecule has 27 heavy (non-hydrogen) atoms. The Bertz CT molecular complexity index is 987. The Hall–Kier alpha value is -2.45. The molecule has 1 aliphatic rings. The minimum absolute atomic E-state index is 0.00365. The van der Waals surface area contributed by atoms with Gasteiger partial charge in [-0.05, 0) is 31.0 Å². The molecule has 0 amide bonds. The second-order valence-electron chi connectivity index (χ2n) is 6.84. The van der Waals surface area contributed by atoms with E-state index in [0.717, 1.165) is 31.2 Å². The molecule has 0 bridgehead atoms. The number of benzene rings is 1. The maximum Gasteiger partial charge on any atom is 0.264 e. The Morgan fingerprint density at radius 1 is 1.00 bits per heavy atom. The van der Waals surface area contributed by atoms with E-state index in [1.54, 1.807) is 0 Å². The monoisotopic (exact) mass is 386 g/mol. The molecule has 3 aromatic rings. The normalized spacial score (nSPS) is 16.3. The van der Waals surface area contributed by atoms with Gasteiger partial charge in [-0.3, -0.25) is 0 Å². The fraction of sp³-hybridized carbons (Fsp3) is 0.368. The lowest BCUT2D eigenvalue weighted by molar-refractivity contribution is 0.510. The highest BCUT2D eigenvalue weighted by Crippen LogP contribution is 2.25. The van der Waals surface area contributed by atoms with Crippen molar-refractivity contribution in [2.24, 2.45) is 0 Å². The number of rotatable bonds is 5. The quantitative estimate of drug-likeness (QED) is 0.651. The molecule has 1 saturated carbocycles. The van der Waals surface area contributed by atoms with E-state index in [9.17, 15) is 8.42 Å². The summed E-state index contributed by atoms with van der Waals surface area (Å²) in [6.07, 6.45) is 7.72. The fourth-order valence-corrected chi connectivity index (χ4v) is 4.66. The van der Waals surface area contributed by atoms with Crippen LogP contribution < -0.4 is 4.72 Å². The van der Waals surface area contributed by atoms with E-state index in [-0.39, 0.29) is 16.8 Å². The average molecular weight is 386 g/mol. The second-order valence-corrected chi connectivity index (χ2v) is 8.55. The van der Waals surface area contributed by atoms with E-state index in [1.807, 2.05) is 30.3 Å². The lowest BCUT2D eigenvalue weighted by atomic mass is 10.1. The van der Waals surface area contributed by atoms with E-state index in [4.69, 9.17) is 4.42 Å². The van der Waals surface area contributed by atoms with E-state index in [2.05, 4.69) is 19.9 Å². The number of nitrogens with one attached hydrogen (secondary N) is 2. The van der Waals surface area contributed by atoms with Crippen molar-refractivity contribution >= 4 is 10.0 Å². The summed E-state index contributed by atoms with van der Waals surface area (Å²) in [6.45, 7) is 0. The predicted molar refractivity (Wildman–Crippen MR) is 101 cm³/mol. The Kier molecular flexibility index (Phi) is 5.09. The van der Waals surface area contributed by atoms with Crippen molar-refractivity contribution in [3.05, 3.63) is 42.6 Å². The summed E-state index contributed by atoms with van der Waals surface area (Å²) in [5.74, 6) is 0.644. The molecule has 142 valence electrons. The summed E-state index contributed by atoms with van der Waals surface area (Å²) in [7, 11) is -3.58. The molecule has 0 radical (unpaired) electrons. The molecule has 1 aromatic carbocycles. The summed E-state index contributed by atoms with van der Waals surface area (Å²) in [4.78, 5) is 3.11. The maximum atomic E-state index is 12.7. The molecule has 4 rings (SSSR count). The molecule has 2 N–H and O–H groups in total. The van der Waals surface area contributed by atoms with Crippen molar-refractivity contribution in [1.29, 1.82) is 0 Å². The molecule has 8 heteroatoms. The number of aromatic nitrogens is 3. The van der Waals surface area contributed by atoms with Gasteiger partial charge >= 0.3 is 0 Å². The van der Waals surface area contributed by atoms with E-state index in [0.29, 0.717) is 11.6 Å². The first-order valence-corrected chi connectivity index (χ1v) is 10.7. The van der Waals surface area contributed by atoms with Crippen LogP contribution in [0.3, 0.4) is 0 Å². The Balaban J connectivity index is 1.52. The van der Waals surface area contributed by atoms with Crippen LogP contribution in [-0.2, 0) is 10.0 Å². The molecule has 2 aromatic heterocycles. The molecule has 2 heterocycles. The summed E-state index contributed by atoms with van der Waals surface area (Å²) in [6, 6.07) is 11.0. The van der Waals surface area contributed by atoms with Crippen LogP contribution >= 0.6 is 0 Å². The van der Waals surface area contributed by atoms with Crippen molar-refractivity contribution in [1.82, 2.24) is 19.9 Å². The Morgan fingerprint density at radius 3 is 2.44 bits per heavy atom. The van der Waals surface area contributed by atoms with E-state index < -0.39 is 10.0 Å². The number of H-pyrrole nitrogens is 1. The van der Waals surface area contributed by atoms with E-state index in [1.165, 1.54) is 25.1 Å². The number of aromatic amines is 1. The maximum absolute atomic E-state index is 12.7. The lowest BCUT2D eigenvalue weighted by Gasteiger charge is -2.15. The predicted octanol–water partition coefficient (Wildman–Crippen LogP) is 3.73. The zero-order valence-electron chi connectivity index (χ0n) is 14.9. The van der Waals surface area contributed by atoms with Crippen LogP contribution in [0.5, 0.6) is 0 Å². The number of hydrogen-bond donors (Lipinski definition) is 2. The molecular formula is C19H22N4O3S. The summed E-state index contributed by atoms with van der Waals surface area (Å²) >= 11 is 0. The minimum Gasteiger partial charge on any atom is -0.415 e. The minimum atomic E-state index is -3.58. The largest absolute Gasteiger partial charge is 0.415 e. The van der Waals surface area contributed by atoms with Gasteiger partial charge in [0.2, 0.25) is 15.9 Å². The summed E-state index contributed by atoms with van der Waals surface area (Å²) in [5.41, 5.74) is 1.29. The molecule has 0 unspecified atom stereocenters. The van der Waals surface area contributed by atoms with Crippen LogP contribution in [0.15, 0.2) is 51.9 Å². The van der Waals surface area contributed by atoms with Gasteiger partial charge in [0.15, 0.2) is 0 Å². The first kappa shape index (κ1) is 17.9. The summed E-state index contributed by atoms with van der Waals surface area (Å²) in [5, 5.41) is 8.06. The van der Waals surface area contributed by atoms with Gasteiger partial charge in [0.05, 0.1) is 0 Å². The topological polar surface area (TPSA) is 101 Å². The van der Waals surface area contributed by atoms with Crippen molar-refractivity contribution in [3.8, 4) is 23.0 Å². The first-order chi connectivity index (χ1) is 13.1. The summed E-state index contributed by atoms with van der Waals surface area (Å²) < 4.78 is 33.9. The van der Waals surface area contributed by atoms with Gasteiger partial charge in [-0.2, -0.15) is 0 Å². The van der Waals surface area contributed by atoms with Crippen LogP contribution in [0, 0.1) is 0 Å². The van der Waals surface area contributed by atoms with Crippen LogP contribution in [-0.4, -0.2) is 29.6 Å².